The SMILES string of the molecule is CC(c1ccccc1F)n1cc(I)cc1C(=O)O. The number of halogens is 2. The molecule has 0 aliphatic heterocycles. The van der Waals surface area contributed by atoms with Crippen molar-refractivity contribution in [1.29, 1.82) is 0 Å². The van der Waals surface area contributed by atoms with Gasteiger partial charge in [-0.15, -0.1) is 0 Å². The van der Waals surface area contributed by atoms with Gasteiger partial charge in [0.25, 0.3) is 0 Å². The summed E-state index contributed by atoms with van der Waals surface area (Å²) in [6.07, 6.45) is 1.71. The minimum atomic E-state index is -1.01. The molecular weight excluding hydrogens is 348 g/mol. The summed E-state index contributed by atoms with van der Waals surface area (Å²) in [5.41, 5.74) is 0.641. The van der Waals surface area contributed by atoms with Crippen molar-refractivity contribution in [2.24, 2.45) is 0 Å². The zero-order chi connectivity index (χ0) is 13.3. The van der Waals surface area contributed by atoms with Crippen molar-refractivity contribution in [2.75, 3.05) is 0 Å². The zero-order valence-corrected chi connectivity index (χ0v) is 11.8. The largest absolute Gasteiger partial charge is 0.477 e. The number of benzene rings is 1. The molecule has 94 valence electrons. The van der Waals surface area contributed by atoms with E-state index >= 15 is 0 Å². The molecule has 0 amide bonds. The van der Waals surface area contributed by atoms with E-state index in [-0.39, 0.29) is 17.6 Å². The number of rotatable bonds is 3. The molecule has 1 atom stereocenters. The van der Waals surface area contributed by atoms with E-state index in [0.29, 0.717) is 5.56 Å². The Morgan fingerprint density at radius 2 is 2.11 bits per heavy atom. The van der Waals surface area contributed by atoms with E-state index in [2.05, 4.69) is 0 Å². The summed E-state index contributed by atoms with van der Waals surface area (Å²) in [6, 6.07) is 7.60. The van der Waals surface area contributed by atoms with Gasteiger partial charge in [-0.25, -0.2) is 9.18 Å². The minimum absolute atomic E-state index is 0.162. The Labute approximate surface area is 117 Å². The van der Waals surface area contributed by atoms with E-state index in [4.69, 9.17) is 5.11 Å². The monoisotopic (exact) mass is 359 g/mol. The predicted octanol–water partition coefficient (Wildman–Crippen LogP) is 3.54. The summed E-state index contributed by atoms with van der Waals surface area (Å²) in [4.78, 5) is 11.1. The maximum Gasteiger partial charge on any atom is 0.352 e. The lowest BCUT2D eigenvalue weighted by molar-refractivity contribution is 0.0684. The van der Waals surface area contributed by atoms with Crippen LogP contribution in [0.15, 0.2) is 36.5 Å². The van der Waals surface area contributed by atoms with E-state index in [1.165, 1.54) is 6.07 Å². The molecule has 1 aromatic heterocycles. The van der Waals surface area contributed by atoms with Gasteiger partial charge in [0, 0.05) is 15.3 Å². The summed E-state index contributed by atoms with van der Waals surface area (Å²) in [5.74, 6) is -1.34. The molecule has 3 nitrogen and oxygen atoms in total. The molecule has 1 unspecified atom stereocenters. The topological polar surface area (TPSA) is 42.2 Å². The standard InChI is InChI=1S/C13H11FINO2/c1-8(10-4-2-3-5-11(10)14)16-7-9(15)6-12(16)13(17)18/h2-8H,1H3,(H,17,18). The van der Waals surface area contributed by atoms with E-state index < -0.39 is 5.97 Å². The number of aromatic carboxylic acids is 1. The molecule has 0 bridgehead atoms. The van der Waals surface area contributed by atoms with Crippen LogP contribution in [0.4, 0.5) is 4.39 Å². The Morgan fingerprint density at radius 1 is 1.44 bits per heavy atom. The van der Waals surface area contributed by atoms with Crippen molar-refractivity contribution in [3.8, 4) is 0 Å². The fourth-order valence-electron chi connectivity index (χ4n) is 1.90. The van der Waals surface area contributed by atoms with Crippen LogP contribution in [0, 0.1) is 9.39 Å². The molecule has 0 spiro atoms. The summed E-state index contributed by atoms with van der Waals surface area (Å²) in [6.45, 7) is 1.78. The Kier molecular flexibility index (Phi) is 3.70. The summed E-state index contributed by atoms with van der Waals surface area (Å²) in [7, 11) is 0. The summed E-state index contributed by atoms with van der Waals surface area (Å²) in [5, 5.41) is 9.13. The van der Waals surface area contributed by atoms with Crippen LogP contribution in [0.3, 0.4) is 0 Å². The second-order valence-corrected chi connectivity index (χ2v) is 5.20. The zero-order valence-electron chi connectivity index (χ0n) is 9.60. The average Bonchev–Trinajstić information content (AvgIpc) is 2.71. The number of aromatic nitrogens is 1. The van der Waals surface area contributed by atoms with Gasteiger partial charge >= 0.3 is 5.97 Å². The quantitative estimate of drug-likeness (QED) is 0.852. The Balaban J connectivity index is 2.49. The first-order valence-electron chi connectivity index (χ1n) is 5.36. The highest BCUT2D eigenvalue weighted by Crippen LogP contribution is 2.24. The second kappa shape index (κ2) is 5.09. The van der Waals surface area contributed by atoms with Crippen LogP contribution in [0.1, 0.15) is 29.0 Å². The molecule has 0 saturated heterocycles. The maximum absolute atomic E-state index is 13.7. The summed E-state index contributed by atoms with van der Waals surface area (Å²) < 4.78 is 16.1. The molecule has 5 heteroatoms. The molecular formula is C13H11FINO2. The van der Waals surface area contributed by atoms with Crippen LogP contribution in [0.5, 0.6) is 0 Å². The van der Waals surface area contributed by atoms with E-state index in [0.717, 1.165) is 3.57 Å². The third-order valence-corrected chi connectivity index (χ3v) is 3.40. The molecule has 2 aromatic rings. The number of hydrogen-bond donors (Lipinski definition) is 1. The van der Waals surface area contributed by atoms with Crippen molar-refractivity contribution in [3.05, 3.63) is 57.2 Å². The lowest BCUT2D eigenvalue weighted by Gasteiger charge is -2.16. The third-order valence-electron chi connectivity index (χ3n) is 2.81. The fraction of sp³-hybridized carbons (Fsp3) is 0.154. The Morgan fingerprint density at radius 3 is 2.72 bits per heavy atom. The lowest BCUT2D eigenvalue weighted by Crippen LogP contribution is -2.14. The fourth-order valence-corrected chi connectivity index (χ4v) is 2.50. The lowest BCUT2D eigenvalue weighted by atomic mass is 10.1. The smallest absolute Gasteiger partial charge is 0.352 e. The van der Waals surface area contributed by atoms with Crippen LogP contribution in [-0.2, 0) is 0 Å². The second-order valence-electron chi connectivity index (χ2n) is 3.95. The van der Waals surface area contributed by atoms with Crippen LogP contribution in [-0.4, -0.2) is 15.6 Å². The Hall–Kier alpha value is -1.37. The van der Waals surface area contributed by atoms with Gasteiger partial charge in [0.15, 0.2) is 0 Å². The normalized spacial score (nSPS) is 12.4. The van der Waals surface area contributed by atoms with Crippen LogP contribution in [0.2, 0.25) is 0 Å². The number of carbonyl (C=O) groups is 1. The van der Waals surface area contributed by atoms with Crippen LogP contribution < -0.4 is 0 Å². The number of hydrogen-bond acceptors (Lipinski definition) is 1. The highest BCUT2D eigenvalue weighted by Gasteiger charge is 2.19. The highest BCUT2D eigenvalue weighted by molar-refractivity contribution is 14.1. The molecule has 0 fully saturated rings. The van der Waals surface area contributed by atoms with E-state index in [1.807, 2.05) is 22.6 Å². The van der Waals surface area contributed by atoms with Crippen molar-refractivity contribution < 1.29 is 14.3 Å². The van der Waals surface area contributed by atoms with Gasteiger partial charge in [-0.2, -0.15) is 0 Å². The van der Waals surface area contributed by atoms with Gasteiger partial charge in [-0.05, 0) is 41.6 Å². The molecule has 0 saturated carbocycles. The molecule has 18 heavy (non-hydrogen) atoms. The summed E-state index contributed by atoms with van der Waals surface area (Å²) >= 11 is 2.04. The molecule has 1 N–H and O–H groups in total. The molecule has 0 radical (unpaired) electrons. The van der Waals surface area contributed by atoms with Crippen molar-refractivity contribution in [2.45, 2.75) is 13.0 Å². The first-order valence-corrected chi connectivity index (χ1v) is 6.43. The molecule has 0 aliphatic rings. The van der Waals surface area contributed by atoms with Gasteiger partial charge in [0.2, 0.25) is 0 Å². The first-order chi connectivity index (χ1) is 8.50. The van der Waals surface area contributed by atoms with Gasteiger partial charge in [-0.3, -0.25) is 0 Å². The van der Waals surface area contributed by atoms with E-state index in [9.17, 15) is 9.18 Å². The van der Waals surface area contributed by atoms with E-state index in [1.54, 1.807) is 42.0 Å². The van der Waals surface area contributed by atoms with Gasteiger partial charge in [-0.1, -0.05) is 18.2 Å². The molecule has 1 heterocycles. The van der Waals surface area contributed by atoms with Crippen molar-refractivity contribution >= 4 is 28.6 Å². The molecule has 0 aliphatic carbocycles. The number of carboxylic acids is 1. The molecule has 2 rings (SSSR count). The van der Waals surface area contributed by atoms with Crippen molar-refractivity contribution in [1.82, 2.24) is 4.57 Å². The maximum atomic E-state index is 13.7. The van der Waals surface area contributed by atoms with Crippen LogP contribution in [0.25, 0.3) is 0 Å². The number of carboxylic acid groups (broad SMARTS) is 1. The van der Waals surface area contributed by atoms with Gasteiger partial charge in [0.1, 0.15) is 11.5 Å². The van der Waals surface area contributed by atoms with Gasteiger partial charge < -0.3 is 9.67 Å². The molecule has 1 aromatic carbocycles. The average molecular weight is 359 g/mol. The van der Waals surface area contributed by atoms with Crippen LogP contribution >= 0.6 is 22.6 Å². The van der Waals surface area contributed by atoms with Gasteiger partial charge in [0.05, 0.1) is 6.04 Å². The third kappa shape index (κ3) is 2.40. The highest BCUT2D eigenvalue weighted by atomic mass is 127. The predicted molar refractivity (Wildman–Crippen MR) is 74.3 cm³/mol. The first kappa shape index (κ1) is 13.1. The minimum Gasteiger partial charge on any atom is -0.477 e. The Bertz CT molecular complexity index is 594. The van der Waals surface area contributed by atoms with Crippen molar-refractivity contribution in [3.63, 3.8) is 0 Å². The number of nitrogens with zero attached hydrogens (tertiary/aromatic N) is 1.